The van der Waals surface area contributed by atoms with Crippen molar-refractivity contribution in [3.8, 4) is 5.75 Å². The molecule has 0 unspecified atom stereocenters. The van der Waals surface area contributed by atoms with Crippen LogP contribution in [0.25, 0.3) is 0 Å². The number of aromatic nitrogens is 2. The van der Waals surface area contributed by atoms with E-state index in [0.717, 1.165) is 38.1 Å². The van der Waals surface area contributed by atoms with Crippen LogP contribution in [-0.2, 0) is 0 Å². The highest BCUT2D eigenvalue weighted by atomic mass is 35.5. The van der Waals surface area contributed by atoms with Gasteiger partial charge in [0.15, 0.2) is 5.96 Å². The number of aliphatic imine (C=N–C) groups is 1. The maximum Gasteiger partial charge on any atom is 0.225 e. The summed E-state index contributed by atoms with van der Waals surface area (Å²) in [6, 6.07) is 7.17. The lowest BCUT2D eigenvalue weighted by molar-refractivity contribution is 0.315. The summed E-state index contributed by atoms with van der Waals surface area (Å²) >= 11 is 12.1. The number of rotatable bonds is 5. The Morgan fingerprint density at radius 1 is 1.15 bits per heavy atom. The number of hydrogen-bond donors (Lipinski definition) is 1. The molecule has 1 fully saturated rings. The molecule has 27 heavy (non-hydrogen) atoms. The predicted octanol–water partition coefficient (Wildman–Crippen LogP) is 2.56. The fourth-order valence-corrected chi connectivity index (χ4v) is 3.17. The van der Waals surface area contributed by atoms with Crippen LogP contribution in [-0.4, -0.2) is 67.2 Å². The molecule has 2 heterocycles. The van der Waals surface area contributed by atoms with Gasteiger partial charge < -0.3 is 19.9 Å². The molecule has 144 valence electrons. The fraction of sp³-hybridized carbons (Fsp3) is 0.389. The highest BCUT2D eigenvalue weighted by Gasteiger charge is 2.20. The van der Waals surface area contributed by atoms with E-state index in [0.29, 0.717) is 28.9 Å². The lowest BCUT2D eigenvalue weighted by Crippen LogP contribution is -2.53. The number of piperazine rings is 1. The zero-order valence-corrected chi connectivity index (χ0v) is 16.6. The Kier molecular flexibility index (Phi) is 6.95. The first-order chi connectivity index (χ1) is 13.2. The van der Waals surface area contributed by atoms with E-state index in [4.69, 9.17) is 27.9 Å². The number of guanidine groups is 1. The zero-order chi connectivity index (χ0) is 19.1. The molecule has 3 rings (SSSR count). The number of halogens is 2. The Balaban J connectivity index is 1.44. The van der Waals surface area contributed by atoms with Crippen LogP contribution in [0.5, 0.6) is 5.75 Å². The smallest absolute Gasteiger partial charge is 0.225 e. The molecule has 1 aromatic carbocycles. The Morgan fingerprint density at radius 2 is 1.89 bits per heavy atom. The van der Waals surface area contributed by atoms with Crippen LogP contribution in [0.1, 0.15) is 0 Å². The van der Waals surface area contributed by atoms with Crippen molar-refractivity contribution < 1.29 is 4.74 Å². The van der Waals surface area contributed by atoms with E-state index >= 15 is 0 Å². The average molecular weight is 409 g/mol. The highest BCUT2D eigenvalue weighted by molar-refractivity contribution is 6.42. The molecule has 1 aromatic heterocycles. The van der Waals surface area contributed by atoms with Gasteiger partial charge in [-0.25, -0.2) is 9.97 Å². The van der Waals surface area contributed by atoms with Gasteiger partial charge in [-0.3, -0.25) is 4.99 Å². The van der Waals surface area contributed by atoms with Crippen LogP contribution in [0, 0.1) is 0 Å². The van der Waals surface area contributed by atoms with Crippen LogP contribution < -0.4 is 15.0 Å². The molecule has 1 saturated heterocycles. The van der Waals surface area contributed by atoms with Crippen molar-refractivity contribution in [3.63, 3.8) is 0 Å². The molecule has 0 spiro atoms. The van der Waals surface area contributed by atoms with E-state index in [-0.39, 0.29) is 0 Å². The van der Waals surface area contributed by atoms with E-state index < -0.39 is 0 Å². The van der Waals surface area contributed by atoms with Crippen molar-refractivity contribution in [3.05, 3.63) is 46.7 Å². The van der Waals surface area contributed by atoms with Crippen LogP contribution in [0.15, 0.2) is 41.7 Å². The molecular formula is C18H22Cl2N6O. The highest BCUT2D eigenvalue weighted by Crippen LogP contribution is 2.31. The lowest BCUT2D eigenvalue weighted by Gasteiger charge is -2.36. The van der Waals surface area contributed by atoms with Crippen LogP contribution >= 0.6 is 23.2 Å². The third-order valence-corrected chi connectivity index (χ3v) is 4.99. The minimum atomic E-state index is 0.433. The maximum absolute atomic E-state index is 6.12. The maximum atomic E-state index is 6.12. The molecule has 0 bridgehead atoms. The van der Waals surface area contributed by atoms with E-state index in [2.05, 4.69) is 30.1 Å². The van der Waals surface area contributed by atoms with E-state index in [1.54, 1.807) is 31.6 Å². The van der Waals surface area contributed by atoms with Crippen LogP contribution in [0.4, 0.5) is 5.95 Å². The second-order valence-corrected chi connectivity index (χ2v) is 6.68. The summed E-state index contributed by atoms with van der Waals surface area (Å²) in [6.45, 7) is 4.45. The van der Waals surface area contributed by atoms with Crippen LogP contribution in [0.2, 0.25) is 10.0 Å². The normalized spacial score (nSPS) is 15.0. The number of ether oxygens (including phenoxy) is 1. The third kappa shape index (κ3) is 5.14. The molecule has 9 heteroatoms. The molecule has 0 amide bonds. The minimum absolute atomic E-state index is 0.433. The molecule has 0 saturated carbocycles. The van der Waals surface area contributed by atoms with Gasteiger partial charge in [-0.05, 0) is 18.2 Å². The Labute approximate surface area is 169 Å². The van der Waals surface area contributed by atoms with E-state index in [1.165, 1.54) is 0 Å². The van der Waals surface area contributed by atoms with E-state index in [9.17, 15) is 0 Å². The second kappa shape index (κ2) is 9.62. The first-order valence-electron chi connectivity index (χ1n) is 8.73. The zero-order valence-electron chi connectivity index (χ0n) is 15.1. The number of anilines is 1. The molecule has 1 N–H and O–H groups in total. The SMILES string of the molecule is CN=C(NCCOc1cccc(Cl)c1Cl)N1CCN(c2ncccn2)CC1. The summed E-state index contributed by atoms with van der Waals surface area (Å²) in [7, 11) is 1.78. The van der Waals surface area contributed by atoms with Gasteiger partial charge in [0.2, 0.25) is 5.95 Å². The van der Waals surface area contributed by atoms with Gasteiger partial charge in [-0.1, -0.05) is 29.3 Å². The summed E-state index contributed by atoms with van der Waals surface area (Å²) in [6.07, 6.45) is 3.53. The summed E-state index contributed by atoms with van der Waals surface area (Å²) in [4.78, 5) is 17.4. The minimum Gasteiger partial charge on any atom is -0.490 e. The molecule has 0 atom stereocenters. The number of benzene rings is 1. The fourth-order valence-electron chi connectivity index (χ4n) is 2.82. The quantitative estimate of drug-likeness (QED) is 0.465. The van der Waals surface area contributed by atoms with Gasteiger partial charge in [0, 0.05) is 45.6 Å². The second-order valence-electron chi connectivity index (χ2n) is 5.90. The summed E-state index contributed by atoms with van der Waals surface area (Å²) in [5.74, 6) is 2.20. The van der Waals surface area contributed by atoms with Crippen LogP contribution in [0.3, 0.4) is 0 Å². The summed E-state index contributed by atoms with van der Waals surface area (Å²) in [5.41, 5.74) is 0. The van der Waals surface area contributed by atoms with Crippen molar-refractivity contribution in [2.45, 2.75) is 0 Å². The third-order valence-electron chi connectivity index (χ3n) is 4.18. The van der Waals surface area contributed by atoms with Gasteiger partial charge >= 0.3 is 0 Å². The molecule has 1 aliphatic heterocycles. The van der Waals surface area contributed by atoms with Crippen molar-refractivity contribution in [1.82, 2.24) is 20.2 Å². The molecule has 0 radical (unpaired) electrons. The van der Waals surface area contributed by atoms with Crippen molar-refractivity contribution >= 4 is 35.1 Å². The molecule has 7 nitrogen and oxygen atoms in total. The van der Waals surface area contributed by atoms with Crippen molar-refractivity contribution in [2.75, 3.05) is 51.3 Å². The first kappa shape index (κ1) is 19.5. The van der Waals surface area contributed by atoms with Gasteiger partial charge in [-0.2, -0.15) is 0 Å². The van der Waals surface area contributed by atoms with Gasteiger partial charge in [0.25, 0.3) is 0 Å². The van der Waals surface area contributed by atoms with Crippen molar-refractivity contribution in [1.29, 1.82) is 0 Å². The molecule has 1 aliphatic rings. The molecular weight excluding hydrogens is 387 g/mol. The Bertz CT molecular complexity index is 766. The Morgan fingerprint density at radius 3 is 2.59 bits per heavy atom. The lowest BCUT2D eigenvalue weighted by atomic mass is 10.3. The topological polar surface area (TPSA) is 65.9 Å². The standard InChI is InChI=1S/C18H22Cl2N6O/c1-21-17(24-8-13-27-15-5-2-4-14(19)16(15)20)25-9-11-26(12-10-25)18-22-6-3-7-23-18/h2-7H,8-13H2,1H3,(H,21,24). The number of nitrogens with zero attached hydrogens (tertiary/aromatic N) is 5. The monoisotopic (exact) mass is 408 g/mol. The first-order valence-corrected chi connectivity index (χ1v) is 9.49. The van der Waals surface area contributed by atoms with Gasteiger partial charge in [0.1, 0.15) is 17.4 Å². The summed E-state index contributed by atoms with van der Waals surface area (Å²) in [5, 5.41) is 4.24. The number of nitrogens with one attached hydrogen (secondary N) is 1. The Hall–Kier alpha value is -2.25. The predicted molar refractivity (Wildman–Crippen MR) is 109 cm³/mol. The van der Waals surface area contributed by atoms with Crippen molar-refractivity contribution in [2.24, 2.45) is 4.99 Å². The van der Waals surface area contributed by atoms with Gasteiger partial charge in [-0.15, -0.1) is 0 Å². The number of hydrogen-bond acceptors (Lipinski definition) is 5. The summed E-state index contributed by atoms with van der Waals surface area (Å²) < 4.78 is 5.70. The van der Waals surface area contributed by atoms with E-state index in [1.807, 2.05) is 12.1 Å². The average Bonchev–Trinajstić information content (AvgIpc) is 2.72. The van der Waals surface area contributed by atoms with Gasteiger partial charge in [0.05, 0.1) is 11.6 Å². The molecule has 2 aromatic rings. The largest absolute Gasteiger partial charge is 0.490 e. The molecule has 0 aliphatic carbocycles.